The molecule has 0 spiro atoms. The Morgan fingerprint density at radius 2 is 0.862 bits per heavy atom. The first kappa shape index (κ1) is 56.3. The second-order valence-electron chi connectivity index (χ2n) is 17.6. The number of hydrogen-bond acceptors (Lipinski definition) is 5. The Labute approximate surface area is 361 Å². The highest BCUT2D eigenvalue weighted by Gasteiger charge is 2.24. The van der Waals surface area contributed by atoms with Crippen LogP contribution in [0.1, 0.15) is 271 Å². The summed E-state index contributed by atoms with van der Waals surface area (Å²) in [5.74, 6) is -0.483. The van der Waals surface area contributed by atoms with Crippen LogP contribution in [-0.2, 0) is 14.3 Å². The molecule has 0 aliphatic heterocycles. The number of carbonyl (C=O) groups is 2. The molecule has 3 unspecified atom stereocenters. The number of unbranched alkanes of at least 4 members (excludes halogenated alkanes) is 31. The zero-order valence-electron chi connectivity index (χ0n) is 38.9. The van der Waals surface area contributed by atoms with Crippen molar-refractivity contribution in [2.45, 2.75) is 289 Å². The average Bonchev–Trinajstić information content (AvgIpc) is 3.22. The van der Waals surface area contributed by atoms with Gasteiger partial charge in [-0.25, -0.2) is 0 Å². The fraction of sp³-hybridized carbons (Fsp3) is 0.885. The Kier molecular flexibility index (Phi) is 45.1. The first-order valence-electron chi connectivity index (χ1n) is 25.6. The molecule has 6 nitrogen and oxygen atoms in total. The second-order valence-corrected chi connectivity index (χ2v) is 17.6. The van der Waals surface area contributed by atoms with Crippen molar-refractivity contribution in [1.29, 1.82) is 0 Å². The Morgan fingerprint density at radius 1 is 0.500 bits per heavy atom. The molecule has 342 valence electrons. The predicted octanol–water partition coefficient (Wildman–Crippen LogP) is 15.1. The number of ether oxygens (including phenoxy) is 1. The van der Waals surface area contributed by atoms with E-state index in [1.54, 1.807) is 0 Å². The van der Waals surface area contributed by atoms with Gasteiger partial charge < -0.3 is 20.3 Å². The van der Waals surface area contributed by atoms with Crippen LogP contribution in [0.25, 0.3) is 0 Å². The van der Waals surface area contributed by atoms with Crippen molar-refractivity contribution in [3.05, 3.63) is 24.3 Å². The monoisotopic (exact) mass is 818 g/mol. The maximum absolute atomic E-state index is 13.2. The van der Waals surface area contributed by atoms with Crippen LogP contribution in [0, 0.1) is 0 Å². The van der Waals surface area contributed by atoms with Crippen molar-refractivity contribution in [1.82, 2.24) is 5.32 Å². The summed E-state index contributed by atoms with van der Waals surface area (Å²) in [5.41, 5.74) is 0. The van der Waals surface area contributed by atoms with Crippen molar-refractivity contribution < 1.29 is 24.5 Å². The summed E-state index contributed by atoms with van der Waals surface area (Å²) in [6.07, 6.45) is 52.3. The normalized spacial score (nSPS) is 13.4. The largest absolute Gasteiger partial charge is 0.462 e. The van der Waals surface area contributed by atoms with Crippen molar-refractivity contribution in [3.8, 4) is 0 Å². The van der Waals surface area contributed by atoms with E-state index in [2.05, 4.69) is 50.4 Å². The van der Waals surface area contributed by atoms with Crippen LogP contribution in [0.2, 0.25) is 0 Å². The lowest BCUT2D eigenvalue weighted by Gasteiger charge is -2.24. The quantitative estimate of drug-likeness (QED) is 0.0323. The zero-order valence-corrected chi connectivity index (χ0v) is 38.9. The second kappa shape index (κ2) is 46.4. The molecule has 1 amide bonds. The molecule has 3 atom stereocenters. The highest BCUT2D eigenvalue weighted by Crippen LogP contribution is 2.18. The lowest BCUT2D eigenvalue weighted by Crippen LogP contribution is -2.46. The van der Waals surface area contributed by atoms with Gasteiger partial charge in [-0.1, -0.05) is 231 Å². The van der Waals surface area contributed by atoms with Gasteiger partial charge in [0.05, 0.1) is 25.2 Å². The molecule has 0 bridgehead atoms. The standard InChI is InChI=1S/C52H99NO5/c1-4-7-10-13-16-19-22-24-25-27-30-32-35-38-41-44-50(55)49(47-54)53-51(56)46-48(43-40-37-34-31-29-26-23-20-17-14-11-8-5-2)58-52(57)45-42-39-36-33-28-21-18-15-12-9-6-3/h17,20,23,26,48-50,54-55H,4-16,18-19,21-22,24-25,27-47H2,1-3H3,(H,53,56)/b20-17+,26-23+. The number of nitrogens with one attached hydrogen (secondary N) is 1. The Morgan fingerprint density at radius 3 is 1.31 bits per heavy atom. The molecule has 0 aliphatic carbocycles. The first-order valence-corrected chi connectivity index (χ1v) is 25.6. The molecule has 58 heavy (non-hydrogen) atoms. The summed E-state index contributed by atoms with van der Waals surface area (Å²) in [6, 6.07) is -0.703. The van der Waals surface area contributed by atoms with Crippen LogP contribution in [0.5, 0.6) is 0 Å². The number of carbonyl (C=O) groups excluding carboxylic acids is 2. The fourth-order valence-electron chi connectivity index (χ4n) is 7.89. The predicted molar refractivity (Wildman–Crippen MR) is 250 cm³/mol. The molecule has 0 saturated carbocycles. The van der Waals surface area contributed by atoms with E-state index in [0.29, 0.717) is 19.3 Å². The van der Waals surface area contributed by atoms with E-state index >= 15 is 0 Å². The summed E-state index contributed by atoms with van der Waals surface area (Å²) < 4.78 is 5.91. The molecule has 0 aromatic rings. The van der Waals surface area contributed by atoms with E-state index < -0.39 is 18.2 Å². The van der Waals surface area contributed by atoms with Gasteiger partial charge in [-0.05, 0) is 51.4 Å². The first-order chi connectivity index (χ1) is 28.5. The SMILES string of the molecule is CCCCC/C=C/C=C/CCCCCCC(CC(=O)NC(CO)C(O)CCCCCCCCCCCCCCCCC)OC(=O)CCCCCCCCCCCCC. The van der Waals surface area contributed by atoms with Gasteiger partial charge in [0.25, 0.3) is 0 Å². The minimum Gasteiger partial charge on any atom is -0.462 e. The molecule has 0 aliphatic rings. The van der Waals surface area contributed by atoms with Gasteiger partial charge in [0.1, 0.15) is 6.10 Å². The van der Waals surface area contributed by atoms with Crippen molar-refractivity contribution in [3.63, 3.8) is 0 Å². The number of rotatable bonds is 46. The molecule has 0 aromatic carbocycles. The molecule has 6 heteroatoms. The number of allylic oxidation sites excluding steroid dienone is 4. The van der Waals surface area contributed by atoms with Crippen LogP contribution in [0.3, 0.4) is 0 Å². The average molecular weight is 818 g/mol. The van der Waals surface area contributed by atoms with Gasteiger partial charge in [-0.15, -0.1) is 0 Å². The third kappa shape index (κ3) is 41.1. The van der Waals surface area contributed by atoms with Crippen LogP contribution in [-0.4, -0.2) is 46.9 Å². The third-order valence-electron chi connectivity index (χ3n) is 11.8. The van der Waals surface area contributed by atoms with Crippen LogP contribution in [0.15, 0.2) is 24.3 Å². The van der Waals surface area contributed by atoms with Gasteiger partial charge in [-0.3, -0.25) is 9.59 Å². The summed E-state index contributed by atoms with van der Waals surface area (Å²) >= 11 is 0. The highest BCUT2D eigenvalue weighted by atomic mass is 16.5. The van der Waals surface area contributed by atoms with Crippen molar-refractivity contribution in [2.75, 3.05) is 6.61 Å². The summed E-state index contributed by atoms with van der Waals surface area (Å²) in [7, 11) is 0. The zero-order chi connectivity index (χ0) is 42.4. The topological polar surface area (TPSA) is 95.9 Å². The molecule has 0 aromatic heterocycles. The van der Waals surface area contributed by atoms with Gasteiger partial charge in [0, 0.05) is 6.42 Å². The third-order valence-corrected chi connectivity index (χ3v) is 11.8. The van der Waals surface area contributed by atoms with E-state index in [9.17, 15) is 19.8 Å². The van der Waals surface area contributed by atoms with Gasteiger partial charge >= 0.3 is 5.97 Å². The molecular formula is C52H99NO5. The summed E-state index contributed by atoms with van der Waals surface area (Å²) in [5, 5.41) is 23.8. The number of esters is 1. The van der Waals surface area contributed by atoms with E-state index in [0.717, 1.165) is 70.6 Å². The molecule has 0 rings (SSSR count). The van der Waals surface area contributed by atoms with Gasteiger partial charge in [0.2, 0.25) is 5.91 Å². The Balaban J connectivity index is 4.54. The number of aliphatic hydroxyl groups is 2. The molecule has 0 saturated heterocycles. The molecule has 0 heterocycles. The maximum Gasteiger partial charge on any atom is 0.306 e. The van der Waals surface area contributed by atoms with Crippen molar-refractivity contribution in [2.24, 2.45) is 0 Å². The van der Waals surface area contributed by atoms with Gasteiger partial charge in [-0.2, -0.15) is 0 Å². The lowest BCUT2D eigenvalue weighted by molar-refractivity contribution is -0.151. The van der Waals surface area contributed by atoms with Gasteiger partial charge in [0.15, 0.2) is 0 Å². The molecule has 0 fully saturated rings. The van der Waals surface area contributed by atoms with Crippen LogP contribution >= 0.6 is 0 Å². The summed E-state index contributed by atoms with van der Waals surface area (Å²) in [4.78, 5) is 26.1. The number of amides is 1. The number of aliphatic hydroxyl groups excluding tert-OH is 2. The van der Waals surface area contributed by atoms with E-state index in [4.69, 9.17) is 4.74 Å². The van der Waals surface area contributed by atoms with Crippen LogP contribution in [0.4, 0.5) is 0 Å². The lowest BCUT2D eigenvalue weighted by atomic mass is 10.0. The van der Waals surface area contributed by atoms with E-state index in [-0.39, 0.29) is 24.9 Å². The van der Waals surface area contributed by atoms with E-state index in [1.807, 2.05) is 0 Å². The maximum atomic E-state index is 13.2. The highest BCUT2D eigenvalue weighted by molar-refractivity contribution is 5.77. The van der Waals surface area contributed by atoms with Crippen molar-refractivity contribution >= 4 is 11.9 Å². The van der Waals surface area contributed by atoms with Crippen LogP contribution < -0.4 is 5.32 Å². The number of hydrogen-bond donors (Lipinski definition) is 3. The fourth-order valence-corrected chi connectivity index (χ4v) is 7.89. The minimum absolute atomic E-state index is 0.0690. The van der Waals surface area contributed by atoms with E-state index in [1.165, 1.54) is 154 Å². The summed E-state index contributed by atoms with van der Waals surface area (Å²) in [6.45, 7) is 6.45. The smallest absolute Gasteiger partial charge is 0.306 e. The molecular weight excluding hydrogens is 719 g/mol. The minimum atomic E-state index is -0.788. The molecule has 3 N–H and O–H groups in total. The Bertz CT molecular complexity index is 919. The molecule has 0 radical (unpaired) electrons. The Hall–Kier alpha value is -1.66.